The van der Waals surface area contributed by atoms with Gasteiger partial charge in [0.25, 0.3) is 5.69 Å². The largest absolute Gasteiger partial charge is 0.339 e. The molecule has 1 heterocycles. The zero-order valence-corrected chi connectivity index (χ0v) is 13.2. The predicted octanol–water partition coefficient (Wildman–Crippen LogP) is 1.11. The first-order valence-electron chi connectivity index (χ1n) is 7.07. The van der Waals surface area contributed by atoms with Crippen molar-refractivity contribution in [3.05, 3.63) is 38.9 Å². The van der Waals surface area contributed by atoms with Gasteiger partial charge in [-0.3, -0.25) is 19.8 Å². The molecule has 0 radical (unpaired) electrons. The molecule has 1 aromatic rings. The SMILES string of the molecule is CN(CC(=O)N1CCNCC1)Cc1ccc([N+](=O)[O-])c(Cl)c1. The summed E-state index contributed by atoms with van der Waals surface area (Å²) in [5, 5.41) is 14.1. The molecule has 1 amide bonds. The lowest BCUT2D eigenvalue weighted by atomic mass is 10.2. The second-order valence-electron chi connectivity index (χ2n) is 5.35. The van der Waals surface area contributed by atoms with Crippen molar-refractivity contribution < 1.29 is 9.72 Å². The van der Waals surface area contributed by atoms with Crippen molar-refractivity contribution in [1.29, 1.82) is 0 Å². The maximum absolute atomic E-state index is 12.2. The molecule has 0 atom stereocenters. The lowest BCUT2D eigenvalue weighted by Crippen LogP contribution is -2.49. The first-order chi connectivity index (χ1) is 10.5. The van der Waals surface area contributed by atoms with Gasteiger partial charge in [0.15, 0.2) is 0 Å². The molecule has 8 heteroatoms. The number of nitro benzene ring substituents is 1. The number of rotatable bonds is 5. The van der Waals surface area contributed by atoms with Crippen molar-refractivity contribution >= 4 is 23.2 Å². The van der Waals surface area contributed by atoms with Crippen LogP contribution in [-0.4, -0.2) is 60.4 Å². The Hall–Kier alpha value is -1.70. The van der Waals surface area contributed by atoms with Crippen LogP contribution in [0.1, 0.15) is 5.56 Å². The monoisotopic (exact) mass is 326 g/mol. The molecule has 0 aromatic heterocycles. The van der Waals surface area contributed by atoms with E-state index in [0.29, 0.717) is 13.1 Å². The molecular formula is C14H19ClN4O3. The van der Waals surface area contributed by atoms with Gasteiger partial charge in [0.1, 0.15) is 5.02 Å². The minimum absolute atomic E-state index is 0.0945. The van der Waals surface area contributed by atoms with Crippen molar-refractivity contribution in [2.24, 2.45) is 0 Å². The number of carbonyl (C=O) groups is 1. The van der Waals surface area contributed by atoms with Crippen molar-refractivity contribution in [3.63, 3.8) is 0 Å². The van der Waals surface area contributed by atoms with Crippen LogP contribution in [0.4, 0.5) is 5.69 Å². The smallest absolute Gasteiger partial charge is 0.287 e. The Labute approximate surface area is 134 Å². The third kappa shape index (κ3) is 4.40. The van der Waals surface area contributed by atoms with E-state index in [-0.39, 0.29) is 16.6 Å². The normalized spacial score (nSPS) is 15.1. The quantitative estimate of drug-likeness (QED) is 0.648. The van der Waals surface area contributed by atoms with Gasteiger partial charge in [0.2, 0.25) is 5.91 Å². The Morgan fingerprint density at radius 1 is 1.45 bits per heavy atom. The van der Waals surface area contributed by atoms with E-state index in [9.17, 15) is 14.9 Å². The van der Waals surface area contributed by atoms with E-state index in [1.54, 1.807) is 12.1 Å². The summed E-state index contributed by atoms with van der Waals surface area (Å²) >= 11 is 5.89. The molecule has 0 spiro atoms. The van der Waals surface area contributed by atoms with Crippen LogP contribution in [0.5, 0.6) is 0 Å². The van der Waals surface area contributed by atoms with E-state index in [1.807, 2.05) is 16.8 Å². The number of carbonyl (C=O) groups excluding carboxylic acids is 1. The number of benzene rings is 1. The molecule has 0 bridgehead atoms. The summed E-state index contributed by atoms with van der Waals surface area (Å²) in [6, 6.07) is 4.63. The summed E-state index contributed by atoms with van der Waals surface area (Å²) in [6.07, 6.45) is 0. The number of nitrogens with zero attached hydrogens (tertiary/aromatic N) is 3. The minimum atomic E-state index is -0.510. The average molecular weight is 327 g/mol. The number of hydrogen-bond acceptors (Lipinski definition) is 5. The molecule has 2 rings (SSSR count). The molecule has 0 saturated carbocycles. The summed E-state index contributed by atoms with van der Waals surface area (Å²) in [7, 11) is 1.84. The zero-order valence-electron chi connectivity index (χ0n) is 12.4. The number of likely N-dealkylation sites (N-methyl/N-ethyl adjacent to an activating group) is 1. The zero-order chi connectivity index (χ0) is 16.1. The average Bonchev–Trinajstić information content (AvgIpc) is 2.47. The Kier molecular flexibility index (Phi) is 5.70. The van der Waals surface area contributed by atoms with Crippen LogP contribution in [0.2, 0.25) is 5.02 Å². The molecular weight excluding hydrogens is 308 g/mol. The van der Waals surface area contributed by atoms with Crippen LogP contribution >= 0.6 is 11.6 Å². The lowest BCUT2D eigenvalue weighted by Gasteiger charge is -2.29. The van der Waals surface area contributed by atoms with Crippen molar-refractivity contribution in [3.8, 4) is 0 Å². The molecule has 1 N–H and O–H groups in total. The number of nitrogens with one attached hydrogen (secondary N) is 1. The summed E-state index contributed by atoms with van der Waals surface area (Å²) in [4.78, 5) is 26.1. The van der Waals surface area contributed by atoms with Crippen LogP contribution in [0, 0.1) is 10.1 Å². The van der Waals surface area contributed by atoms with Gasteiger partial charge in [-0.05, 0) is 18.7 Å². The van der Waals surface area contributed by atoms with E-state index in [0.717, 1.165) is 31.7 Å². The maximum Gasteiger partial charge on any atom is 0.287 e. The van der Waals surface area contributed by atoms with Crippen LogP contribution in [0.25, 0.3) is 0 Å². The van der Waals surface area contributed by atoms with Gasteiger partial charge in [-0.25, -0.2) is 0 Å². The highest BCUT2D eigenvalue weighted by atomic mass is 35.5. The first-order valence-corrected chi connectivity index (χ1v) is 7.45. The Morgan fingerprint density at radius 2 is 2.14 bits per heavy atom. The summed E-state index contributed by atoms with van der Waals surface area (Å²) in [5.41, 5.74) is 0.733. The van der Waals surface area contributed by atoms with Gasteiger partial charge in [0.05, 0.1) is 11.5 Å². The summed E-state index contributed by atoms with van der Waals surface area (Å²) in [6.45, 7) is 3.94. The number of amides is 1. The van der Waals surface area contributed by atoms with Crippen molar-refractivity contribution in [2.45, 2.75) is 6.54 Å². The summed E-state index contributed by atoms with van der Waals surface area (Å²) < 4.78 is 0. The van der Waals surface area contributed by atoms with E-state index in [1.165, 1.54) is 6.07 Å². The molecule has 22 heavy (non-hydrogen) atoms. The Balaban J connectivity index is 1.91. The van der Waals surface area contributed by atoms with E-state index in [2.05, 4.69) is 5.32 Å². The molecule has 7 nitrogen and oxygen atoms in total. The van der Waals surface area contributed by atoms with Crippen LogP contribution in [0.15, 0.2) is 18.2 Å². The molecule has 1 aliphatic rings. The highest BCUT2D eigenvalue weighted by Crippen LogP contribution is 2.25. The fourth-order valence-corrected chi connectivity index (χ4v) is 2.68. The second kappa shape index (κ2) is 7.53. The molecule has 0 aliphatic carbocycles. The fourth-order valence-electron chi connectivity index (χ4n) is 2.41. The number of piperazine rings is 1. The van der Waals surface area contributed by atoms with E-state index >= 15 is 0 Å². The topological polar surface area (TPSA) is 78.7 Å². The molecule has 1 aromatic carbocycles. The van der Waals surface area contributed by atoms with Crippen LogP contribution < -0.4 is 5.32 Å². The van der Waals surface area contributed by atoms with E-state index in [4.69, 9.17) is 11.6 Å². The van der Waals surface area contributed by atoms with E-state index < -0.39 is 4.92 Å². The van der Waals surface area contributed by atoms with Gasteiger partial charge >= 0.3 is 0 Å². The lowest BCUT2D eigenvalue weighted by molar-refractivity contribution is -0.384. The fraction of sp³-hybridized carbons (Fsp3) is 0.500. The van der Waals surface area contributed by atoms with Gasteiger partial charge in [0, 0.05) is 38.8 Å². The molecule has 1 aliphatic heterocycles. The summed E-state index contributed by atoms with van der Waals surface area (Å²) in [5.74, 6) is 0.0945. The second-order valence-corrected chi connectivity index (χ2v) is 5.75. The predicted molar refractivity (Wildman–Crippen MR) is 83.9 cm³/mol. The maximum atomic E-state index is 12.2. The van der Waals surface area contributed by atoms with Crippen molar-refractivity contribution in [2.75, 3.05) is 39.8 Å². The standard InChI is InChI=1S/C14H19ClN4O3/c1-17(10-14(20)18-6-4-16-5-7-18)9-11-2-3-13(19(21)22)12(15)8-11/h2-3,8,16H,4-7,9-10H2,1H3. The third-order valence-corrected chi connectivity index (χ3v) is 3.84. The minimum Gasteiger partial charge on any atom is -0.339 e. The third-order valence-electron chi connectivity index (χ3n) is 3.54. The van der Waals surface area contributed by atoms with Crippen LogP contribution in [-0.2, 0) is 11.3 Å². The molecule has 0 unspecified atom stereocenters. The van der Waals surface area contributed by atoms with Crippen LogP contribution in [0.3, 0.4) is 0 Å². The van der Waals surface area contributed by atoms with Gasteiger partial charge < -0.3 is 10.2 Å². The molecule has 120 valence electrons. The first kappa shape index (κ1) is 16.7. The Morgan fingerprint density at radius 3 is 2.73 bits per heavy atom. The van der Waals surface area contributed by atoms with Crippen molar-refractivity contribution in [1.82, 2.24) is 15.1 Å². The van der Waals surface area contributed by atoms with Gasteiger partial charge in [-0.2, -0.15) is 0 Å². The molecule has 1 saturated heterocycles. The van der Waals surface area contributed by atoms with Gasteiger partial charge in [-0.1, -0.05) is 17.7 Å². The number of nitro groups is 1. The highest BCUT2D eigenvalue weighted by molar-refractivity contribution is 6.32. The van der Waals surface area contributed by atoms with Gasteiger partial charge in [-0.15, -0.1) is 0 Å². The molecule has 1 fully saturated rings. The Bertz CT molecular complexity index is 561. The highest BCUT2D eigenvalue weighted by Gasteiger charge is 2.18. The number of halogens is 1. The number of hydrogen-bond donors (Lipinski definition) is 1.